The Morgan fingerprint density at radius 2 is 0.962 bits per heavy atom. The van der Waals surface area contributed by atoms with Gasteiger partial charge in [-0.15, -0.1) is 0 Å². The van der Waals surface area contributed by atoms with E-state index in [4.69, 9.17) is 0 Å². The average Bonchev–Trinajstić information content (AvgIpc) is 3.77. The molecule has 0 aromatic heterocycles. The molecule has 1 heteroatoms. The largest absolute Gasteiger partial charge is 0.314 e. The average molecular weight is 678 g/mol. The molecule has 53 heavy (non-hydrogen) atoms. The highest BCUT2D eigenvalue weighted by molar-refractivity contribution is 5.97. The zero-order valence-corrected chi connectivity index (χ0v) is 30.1. The van der Waals surface area contributed by atoms with Crippen molar-refractivity contribution in [1.82, 2.24) is 0 Å². The Labute approximate surface area is 312 Å². The fourth-order valence-corrected chi connectivity index (χ4v) is 10.5. The van der Waals surface area contributed by atoms with Gasteiger partial charge >= 0.3 is 0 Å². The van der Waals surface area contributed by atoms with E-state index in [0.29, 0.717) is 5.92 Å². The second kappa shape index (κ2) is 11.2. The minimum Gasteiger partial charge on any atom is -0.314 e. The van der Waals surface area contributed by atoms with Crippen molar-refractivity contribution in [1.29, 1.82) is 0 Å². The molecule has 1 nitrogen and oxygen atoms in total. The van der Waals surface area contributed by atoms with Crippen LogP contribution in [0.25, 0.3) is 39.0 Å². The first kappa shape index (κ1) is 30.4. The van der Waals surface area contributed by atoms with Crippen LogP contribution in [0.2, 0.25) is 0 Å². The van der Waals surface area contributed by atoms with Gasteiger partial charge in [-0.25, -0.2) is 0 Å². The van der Waals surface area contributed by atoms with Gasteiger partial charge in [0.25, 0.3) is 0 Å². The van der Waals surface area contributed by atoms with Gasteiger partial charge in [0.15, 0.2) is 0 Å². The molecule has 0 bridgehead atoms. The smallest absolute Gasteiger partial charge is 0.0725 e. The van der Waals surface area contributed by atoms with Crippen LogP contribution in [0.15, 0.2) is 188 Å². The molecule has 0 heterocycles. The number of nitrogens with zero attached hydrogens (tertiary/aromatic N) is 1. The first-order valence-electron chi connectivity index (χ1n) is 19.0. The van der Waals surface area contributed by atoms with Crippen molar-refractivity contribution in [3.05, 3.63) is 221 Å². The van der Waals surface area contributed by atoms with Crippen LogP contribution in [0.3, 0.4) is 0 Å². The number of anilines is 2. The lowest BCUT2D eigenvalue weighted by atomic mass is 9.70. The highest BCUT2D eigenvalue weighted by Crippen LogP contribution is 2.63. The number of hydrogen-bond acceptors (Lipinski definition) is 1. The van der Waals surface area contributed by atoms with Crippen LogP contribution in [0, 0.1) is 5.92 Å². The van der Waals surface area contributed by atoms with E-state index in [9.17, 15) is 0 Å². The lowest BCUT2D eigenvalue weighted by Crippen LogP contribution is -2.29. The van der Waals surface area contributed by atoms with E-state index in [1.165, 1.54) is 89.4 Å². The second-order valence-corrected chi connectivity index (χ2v) is 15.6. The SMILES string of the molecule is CC1(C)c2ccccc2C2=CC=C(N(c3ccc4c(c3)-c3ccccc3C43c4ccccc4-c4ccccc43)c3ccccc3-c3ccccc3)CC21. The second-order valence-electron chi connectivity index (χ2n) is 15.6. The summed E-state index contributed by atoms with van der Waals surface area (Å²) in [7, 11) is 0. The molecular formula is C52H39N. The van der Waals surface area contributed by atoms with Crippen molar-refractivity contribution in [3.8, 4) is 33.4 Å². The van der Waals surface area contributed by atoms with E-state index in [1.807, 2.05) is 0 Å². The molecular weight excluding hydrogens is 639 g/mol. The summed E-state index contributed by atoms with van der Waals surface area (Å²) in [6, 6.07) is 63.4. The fourth-order valence-electron chi connectivity index (χ4n) is 10.5. The maximum absolute atomic E-state index is 2.57. The normalized spacial score (nSPS) is 17.5. The van der Waals surface area contributed by atoms with E-state index < -0.39 is 0 Å². The summed E-state index contributed by atoms with van der Waals surface area (Å²) in [5.74, 6) is 0.385. The van der Waals surface area contributed by atoms with Crippen molar-refractivity contribution in [2.75, 3.05) is 4.90 Å². The maximum Gasteiger partial charge on any atom is 0.0725 e. The molecule has 1 unspecified atom stereocenters. The molecule has 252 valence electrons. The van der Waals surface area contributed by atoms with Crippen molar-refractivity contribution < 1.29 is 0 Å². The predicted molar refractivity (Wildman–Crippen MR) is 220 cm³/mol. The zero-order valence-electron chi connectivity index (χ0n) is 30.1. The molecule has 7 aromatic rings. The first-order chi connectivity index (χ1) is 26.1. The van der Waals surface area contributed by atoms with E-state index in [0.717, 1.165) is 6.42 Å². The number of fused-ring (bicyclic) bond motifs is 13. The number of rotatable bonds is 4. The Morgan fingerprint density at radius 1 is 0.453 bits per heavy atom. The zero-order chi connectivity index (χ0) is 35.3. The number of allylic oxidation sites excluding steroid dienone is 4. The molecule has 1 atom stereocenters. The molecule has 7 aromatic carbocycles. The summed E-state index contributed by atoms with van der Waals surface area (Å²) in [5.41, 5.74) is 21.0. The topological polar surface area (TPSA) is 3.24 Å². The Morgan fingerprint density at radius 3 is 1.62 bits per heavy atom. The van der Waals surface area contributed by atoms with Gasteiger partial charge in [0, 0.05) is 16.9 Å². The summed E-state index contributed by atoms with van der Waals surface area (Å²) in [5, 5.41) is 0. The highest BCUT2D eigenvalue weighted by Gasteiger charge is 2.51. The molecule has 0 aliphatic heterocycles. The van der Waals surface area contributed by atoms with Gasteiger partial charge < -0.3 is 4.90 Å². The van der Waals surface area contributed by atoms with Crippen LogP contribution in [0.5, 0.6) is 0 Å². The van der Waals surface area contributed by atoms with Crippen molar-refractivity contribution in [3.63, 3.8) is 0 Å². The highest BCUT2D eigenvalue weighted by atomic mass is 15.2. The van der Waals surface area contributed by atoms with Gasteiger partial charge in [-0.3, -0.25) is 0 Å². The van der Waals surface area contributed by atoms with Gasteiger partial charge in [0.1, 0.15) is 0 Å². The minimum absolute atomic E-state index is 0.0269. The molecule has 0 N–H and O–H groups in total. The van der Waals surface area contributed by atoms with Crippen LogP contribution in [0.4, 0.5) is 11.4 Å². The third-order valence-electron chi connectivity index (χ3n) is 12.8. The first-order valence-corrected chi connectivity index (χ1v) is 19.0. The standard InChI is InChI=1S/C52H39N/c1-51(2)44-23-11-6-19-38(44)42-30-28-36(33-49(42)51)53(50-27-15-10-18-37(50)34-16-4-3-5-17-34)35-29-31-48-43(32-35)41-22-9-14-26-47(41)52(48)45-24-12-7-20-39(45)40-21-8-13-25-46(40)52/h3-32,49H,33H2,1-2H3. The molecule has 1 spiro atoms. The van der Waals surface area contributed by atoms with Crippen LogP contribution in [0.1, 0.15) is 53.6 Å². The molecule has 0 radical (unpaired) electrons. The number of hydrogen-bond donors (Lipinski definition) is 0. The quantitative estimate of drug-likeness (QED) is 0.179. The lowest BCUT2D eigenvalue weighted by molar-refractivity contribution is 0.406. The third kappa shape index (κ3) is 4.08. The molecule has 4 aliphatic carbocycles. The van der Waals surface area contributed by atoms with E-state index >= 15 is 0 Å². The summed E-state index contributed by atoms with van der Waals surface area (Å²) < 4.78 is 0. The Balaban J connectivity index is 1.15. The predicted octanol–water partition coefficient (Wildman–Crippen LogP) is 13.1. The van der Waals surface area contributed by atoms with Crippen molar-refractivity contribution in [2.45, 2.75) is 31.1 Å². The van der Waals surface area contributed by atoms with E-state index in [1.54, 1.807) is 0 Å². The van der Waals surface area contributed by atoms with Crippen LogP contribution in [-0.2, 0) is 10.8 Å². The van der Waals surface area contributed by atoms with Crippen LogP contribution < -0.4 is 4.90 Å². The summed E-state index contributed by atoms with van der Waals surface area (Å²) >= 11 is 0. The molecule has 4 aliphatic rings. The van der Waals surface area contributed by atoms with E-state index in [2.05, 4.69) is 201 Å². The van der Waals surface area contributed by atoms with Crippen molar-refractivity contribution in [2.24, 2.45) is 5.92 Å². The molecule has 0 amide bonds. The third-order valence-corrected chi connectivity index (χ3v) is 12.8. The molecule has 0 saturated heterocycles. The Hall–Kier alpha value is -6.18. The number of benzene rings is 7. The molecule has 11 rings (SSSR count). The lowest BCUT2D eigenvalue weighted by Gasteiger charge is -2.37. The van der Waals surface area contributed by atoms with Gasteiger partial charge in [-0.05, 0) is 109 Å². The summed E-state index contributed by atoms with van der Waals surface area (Å²) in [6.07, 6.45) is 5.77. The van der Waals surface area contributed by atoms with E-state index in [-0.39, 0.29) is 10.8 Å². The molecule has 0 saturated carbocycles. The van der Waals surface area contributed by atoms with Gasteiger partial charge in [0.05, 0.1) is 11.1 Å². The Bertz CT molecular complexity index is 2640. The van der Waals surface area contributed by atoms with Crippen molar-refractivity contribution >= 4 is 16.9 Å². The molecule has 0 fully saturated rings. The van der Waals surface area contributed by atoms with Gasteiger partial charge in [-0.2, -0.15) is 0 Å². The van der Waals surface area contributed by atoms with Crippen LogP contribution >= 0.6 is 0 Å². The van der Waals surface area contributed by atoms with Crippen LogP contribution in [-0.4, -0.2) is 0 Å². The summed E-state index contributed by atoms with van der Waals surface area (Å²) in [4.78, 5) is 2.57. The van der Waals surface area contributed by atoms with Gasteiger partial charge in [-0.1, -0.05) is 172 Å². The maximum atomic E-state index is 2.57. The monoisotopic (exact) mass is 677 g/mol. The summed E-state index contributed by atoms with van der Waals surface area (Å²) in [6.45, 7) is 4.87. The minimum atomic E-state index is -0.355. The van der Waals surface area contributed by atoms with Gasteiger partial charge in [0.2, 0.25) is 0 Å². The Kier molecular flexibility index (Phi) is 6.41. The number of para-hydroxylation sites is 1. The fraction of sp³-hybridized carbons (Fsp3) is 0.115.